The Balaban J connectivity index is 2.46. The van der Waals surface area contributed by atoms with Crippen molar-refractivity contribution < 1.29 is 9.09 Å². The van der Waals surface area contributed by atoms with E-state index in [0.717, 1.165) is 0 Å². The average molecular weight is 288 g/mol. The Kier molecular flexibility index (Phi) is 3.40. The van der Waals surface area contributed by atoms with Crippen LogP contribution in [0.2, 0.25) is 5.02 Å². The maximum absolute atomic E-state index is 13.2. The molecule has 18 heavy (non-hydrogen) atoms. The van der Waals surface area contributed by atoms with Crippen molar-refractivity contribution in [3.05, 3.63) is 29.3 Å². The van der Waals surface area contributed by atoms with Gasteiger partial charge in [-0.1, -0.05) is 17.7 Å². The SMILES string of the molecule is CC1(C)CO[P@@](=O)(c2cccc(Cl)c2)C(C)(C)N1. The predicted octanol–water partition coefficient (Wildman–Crippen LogP) is 3.38. The lowest BCUT2D eigenvalue weighted by atomic mass is 10.1. The van der Waals surface area contributed by atoms with Gasteiger partial charge in [-0.2, -0.15) is 0 Å². The normalized spacial score (nSPS) is 30.1. The predicted molar refractivity (Wildman–Crippen MR) is 75.9 cm³/mol. The van der Waals surface area contributed by atoms with Crippen LogP contribution in [0.1, 0.15) is 27.7 Å². The van der Waals surface area contributed by atoms with Crippen LogP contribution in [0.3, 0.4) is 0 Å². The summed E-state index contributed by atoms with van der Waals surface area (Å²) in [5.74, 6) is 0. The number of hydrogen-bond donors (Lipinski definition) is 1. The van der Waals surface area contributed by atoms with Crippen LogP contribution in [0.15, 0.2) is 24.3 Å². The van der Waals surface area contributed by atoms with Gasteiger partial charge in [0.1, 0.15) is 0 Å². The third-order valence-corrected chi connectivity index (χ3v) is 6.41. The largest absolute Gasteiger partial charge is 0.322 e. The highest BCUT2D eigenvalue weighted by Crippen LogP contribution is 2.59. The highest BCUT2D eigenvalue weighted by atomic mass is 35.5. The molecule has 0 saturated carbocycles. The number of hydrogen-bond acceptors (Lipinski definition) is 3. The van der Waals surface area contributed by atoms with E-state index in [1.54, 1.807) is 18.2 Å². The standard InChI is InChI=1S/C13H19ClNO2P/c1-12(2)9-17-18(16,13(3,4)15-12)11-7-5-6-10(14)8-11/h5-8,15H,9H2,1-4H3/t18-/m0/s1. The van der Waals surface area contributed by atoms with E-state index in [2.05, 4.69) is 5.32 Å². The van der Waals surface area contributed by atoms with Crippen molar-refractivity contribution in [1.29, 1.82) is 0 Å². The zero-order valence-corrected chi connectivity index (χ0v) is 12.8. The minimum absolute atomic E-state index is 0.185. The Bertz CT molecular complexity index is 513. The van der Waals surface area contributed by atoms with Gasteiger partial charge in [0.05, 0.1) is 11.9 Å². The van der Waals surface area contributed by atoms with Crippen LogP contribution in [0.5, 0.6) is 0 Å². The second-order valence-corrected chi connectivity index (χ2v) is 9.30. The highest BCUT2D eigenvalue weighted by Gasteiger charge is 2.50. The van der Waals surface area contributed by atoms with Crippen LogP contribution < -0.4 is 10.6 Å². The molecule has 5 heteroatoms. The molecule has 0 radical (unpaired) electrons. The minimum Gasteiger partial charge on any atom is -0.322 e. The fourth-order valence-corrected chi connectivity index (χ4v) is 5.34. The fraction of sp³-hybridized carbons (Fsp3) is 0.538. The molecule has 100 valence electrons. The van der Waals surface area contributed by atoms with Crippen LogP contribution >= 0.6 is 19.0 Å². The van der Waals surface area contributed by atoms with Crippen LogP contribution in [0.25, 0.3) is 0 Å². The third-order valence-electron chi connectivity index (χ3n) is 3.14. The monoisotopic (exact) mass is 287 g/mol. The average Bonchev–Trinajstić information content (AvgIpc) is 2.23. The number of halogens is 1. The van der Waals surface area contributed by atoms with Crippen molar-refractivity contribution in [2.45, 2.75) is 38.5 Å². The molecule has 3 nitrogen and oxygen atoms in total. The Morgan fingerprint density at radius 1 is 1.33 bits per heavy atom. The molecule has 1 N–H and O–H groups in total. The molecule has 1 fully saturated rings. The van der Waals surface area contributed by atoms with E-state index in [4.69, 9.17) is 16.1 Å². The number of benzene rings is 1. The molecule has 1 saturated heterocycles. The summed E-state index contributed by atoms with van der Waals surface area (Å²) >= 11 is 5.98. The molecule has 1 aliphatic heterocycles. The Hall–Kier alpha value is -0.340. The molecular formula is C13H19ClNO2P. The summed E-state index contributed by atoms with van der Waals surface area (Å²) in [6.07, 6.45) is 0. The van der Waals surface area contributed by atoms with Gasteiger partial charge in [0, 0.05) is 15.9 Å². The second kappa shape index (κ2) is 4.35. The molecule has 0 unspecified atom stereocenters. The zero-order valence-electron chi connectivity index (χ0n) is 11.2. The summed E-state index contributed by atoms with van der Waals surface area (Å²) < 4.78 is 19.0. The minimum atomic E-state index is -2.97. The van der Waals surface area contributed by atoms with Gasteiger partial charge in [0.2, 0.25) is 0 Å². The van der Waals surface area contributed by atoms with Crippen LogP contribution in [-0.4, -0.2) is 17.4 Å². The summed E-state index contributed by atoms with van der Waals surface area (Å²) in [5, 5.41) is 4.04. The first-order chi connectivity index (χ1) is 8.16. The first-order valence-electron chi connectivity index (χ1n) is 5.96. The summed E-state index contributed by atoms with van der Waals surface area (Å²) in [4.78, 5) is 0. The van der Waals surface area contributed by atoms with Crippen molar-refractivity contribution in [3.8, 4) is 0 Å². The summed E-state index contributed by atoms with van der Waals surface area (Å²) in [5.41, 5.74) is -0.185. The van der Waals surface area contributed by atoms with E-state index in [-0.39, 0.29) is 5.54 Å². The smallest absolute Gasteiger partial charge is 0.251 e. The van der Waals surface area contributed by atoms with Crippen LogP contribution in [-0.2, 0) is 9.09 Å². The van der Waals surface area contributed by atoms with E-state index >= 15 is 0 Å². The van der Waals surface area contributed by atoms with Gasteiger partial charge in [-0.25, -0.2) is 0 Å². The molecule has 1 aromatic rings. The lowest BCUT2D eigenvalue weighted by Gasteiger charge is -2.47. The molecule has 1 aromatic carbocycles. The van der Waals surface area contributed by atoms with Crippen LogP contribution in [0, 0.1) is 0 Å². The van der Waals surface area contributed by atoms with Gasteiger partial charge in [-0.3, -0.25) is 9.88 Å². The van der Waals surface area contributed by atoms with E-state index in [9.17, 15) is 4.57 Å². The van der Waals surface area contributed by atoms with Crippen molar-refractivity contribution >= 4 is 24.3 Å². The maximum atomic E-state index is 13.2. The quantitative estimate of drug-likeness (QED) is 0.805. The number of nitrogens with one attached hydrogen (secondary N) is 1. The molecule has 1 atom stereocenters. The topological polar surface area (TPSA) is 38.3 Å². The van der Waals surface area contributed by atoms with Crippen molar-refractivity contribution in [1.82, 2.24) is 5.32 Å². The molecule has 0 spiro atoms. The highest BCUT2D eigenvalue weighted by molar-refractivity contribution is 7.68. The molecule has 1 heterocycles. The summed E-state index contributed by atoms with van der Waals surface area (Å²) in [6, 6.07) is 7.11. The van der Waals surface area contributed by atoms with E-state index < -0.39 is 12.6 Å². The van der Waals surface area contributed by atoms with Crippen molar-refractivity contribution in [2.75, 3.05) is 6.61 Å². The first kappa shape index (κ1) is 14.1. The van der Waals surface area contributed by atoms with Gasteiger partial charge in [0.15, 0.2) is 0 Å². The Morgan fingerprint density at radius 3 is 2.56 bits per heavy atom. The summed E-state index contributed by atoms with van der Waals surface area (Å²) in [7, 11) is -2.97. The second-order valence-electron chi connectivity index (χ2n) is 5.87. The third kappa shape index (κ3) is 2.37. The Morgan fingerprint density at radius 2 is 2.00 bits per heavy atom. The maximum Gasteiger partial charge on any atom is 0.251 e. The molecule has 2 rings (SSSR count). The molecule has 0 amide bonds. The van der Waals surface area contributed by atoms with Crippen molar-refractivity contribution in [3.63, 3.8) is 0 Å². The zero-order chi connectivity index (χ0) is 13.6. The van der Waals surface area contributed by atoms with Crippen molar-refractivity contribution in [2.24, 2.45) is 0 Å². The van der Waals surface area contributed by atoms with Gasteiger partial charge in [-0.05, 0) is 45.9 Å². The van der Waals surface area contributed by atoms with Crippen LogP contribution in [0.4, 0.5) is 0 Å². The lowest BCUT2D eigenvalue weighted by molar-refractivity contribution is 0.147. The first-order valence-corrected chi connectivity index (χ1v) is 7.97. The van der Waals surface area contributed by atoms with E-state index in [0.29, 0.717) is 16.9 Å². The molecular weight excluding hydrogens is 269 g/mol. The van der Waals surface area contributed by atoms with Gasteiger partial charge < -0.3 is 4.52 Å². The van der Waals surface area contributed by atoms with E-state index in [1.807, 2.05) is 33.8 Å². The van der Waals surface area contributed by atoms with Gasteiger partial charge in [0.25, 0.3) is 7.37 Å². The molecule has 0 aromatic heterocycles. The Labute approximate surface area is 113 Å². The van der Waals surface area contributed by atoms with Gasteiger partial charge in [-0.15, -0.1) is 0 Å². The lowest BCUT2D eigenvalue weighted by Crippen LogP contribution is -2.59. The fourth-order valence-electron chi connectivity index (χ4n) is 2.41. The van der Waals surface area contributed by atoms with Gasteiger partial charge >= 0.3 is 0 Å². The molecule has 0 bridgehead atoms. The molecule has 1 aliphatic rings. The number of rotatable bonds is 1. The molecule has 0 aliphatic carbocycles. The summed E-state index contributed by atoms with van der Waals surface area (Å²) in [6.45, 7) is 8.32. The van der Waals surface area contributed by atoms with E-state index in [1.165, 1.54) is 0 Å².